The Balaban J connectivity index is 2.03. The van der Waals surface area contributed by atoms with Crippen LogP contribution < -0.4 is 0 Å². The molecule has 0 unspecified atom stereocenters. The van der Waals surface area contributed by atoms with Crippen molar-refractivity contribution >= 4 is 21.2 Å². The van der Waals surface area contributed by atoms with Gasteiger partial charge in [-0.05, 0) is 26.2 Å². The summed E-state index contributed by atoms with van der Waals surface area (Å²) in [6, 6.07) is 0. The maximum atomic E-state index is 11.8. The zero-order valence-electron chi connectivity index (χ0n) is 9.14. The molecule has 1 fully saturated rings. The molecule has 0 amide bonds. The molecular formula is C10H15NO3S2. The number of hydrogen-bond donors (Lipinski definition) is 1. The van der Waals surface area contributed by atoms with Crippen molar-refractivity contribution in [1.29, 1.82) is 0 Å². The Hall–Kier alpha value is -0.460. The summed E-state index contributed by atoms with van der Waals surface area (Å²) in [4.78, 5) is 4.77. The molecule has 1 aromatic heterocycles. The average molecular weight is 261 g/mol. The van der Waals surface area contributed by atoms with Crippen LogP contribution in [0.15, 0.2) is 6.20 Å². The summed E-state index contributed by atoms with van der Waals surface area (Å²) in [6.45, 7) is 1.85. The fourth-order valence-corrected chi connectivity index (χ4v) is 4.96. The van der Waals surface area contributed by atoms with Gasteiger partial charge in [0.05, 0.1) is 22.1 Å². The van der Waals surface area contributed by atoms with E-state index in [1.54, 1.807) is 6.20 Å². The molecule has 0 saturated heterocycles. The van der Waals surface area contributed by atoms with Gasteiger partial charge in [0.25, 0.3) is 0 Å². The molecule has 6 heteroatoms. The van der Waals surface area contributed by atoms with E-state index >= 15 is 0 Å². The zero-order valence-corrected chi connectivity index (χ0v) is 10.8. The lowest BCUT2D eigenvalue weighted by atomic mass is 9.82. The third-order valence-corrected chi connectivity index (χ3v) is 5.63. The fourth-order valence-electron chi connectivity index (χ4n) is 1.88. The highest BCUT2D eigenvalue weighted by Crippen LogP contribution is 2.33. The Morgan fingerprint density at radius 2 is 2.25 bits per heavy atom. The van der Waals surface area contributed by atoms with Gasteiger partial charge < -0.3 is 5.11 Å². The Labute approximate surface area is 99.3 Å². The van der Waals surface area contributed by atoms with Crippen LogP contribution in [-0.4, -0.2) is 29.9 Å². The predicted octanol–water partition coefficient (Wildman–Crippen LogP) is 1.28. The summed E-state index contributed by atoms with van der Waals surface area (Å²) in [5, 5.41) is 10.7. The summed E-state index contributed by atoms with van der Waals surface area (Å²) in [7, 11) is -3.22. The molecule has 0 radical (unpaired) electrons. The normalized spacial score (nSPS) is 19.4. The van der Waals surface area contributed by atoms with Crippen LogP contribution in [0.25, 0.3) is 0 Å². The summed E-state index contributed by atoms with van der Waals surface area (Å²) in [6.07, 6.45) is 3.73. The second-order valence-electron chi connectivity index (χ2n) is 4.46. The number of hydrogen-bond acceptors (Lipinski definition) is 5. The highest BCUT2D eigenvalue weighted by Gasteiger charge is 2.38. The van der Waals surface area contributed by atoms with E-state index in [1.807, 2.05) is 6.92 Å². The van der Waals surface area contributed by atoms with Crippen molar-refractivity contribution in [1.82, 2.24) is 4.98 Å². The van der Waals surface area contributed by atoms with Crippen molar-refractivity contribution < 1.29 is 13.5 Å². The maximum absolute atomic E-state index is 11.8. The molecule has 1 heterocycles. The number of nitrogens with zero attached hydrogens (tertiary/aromatic N) is 1. The van der Waals surface area contributed by atoms with Gasteiger partial charge in [0.15, 0.2) is 9.84 Å². The fraction of sp³-hybridized carbons (Fsp3) is 0.700. The Bertz CT molecular complexity index is 474. The minimum Gasteiger partial charge on any atom is -0.389 e. The van der Waals surface area contributed by atoms with Gasteiger partial charge >= 0.3 is 0 Å². The van der Waals surface area contributed by atoms with Gasteiger partial charge in [0.1, 0.15) is 0 Å². The lowest BCUT2D eigenvalue weighted by molar-refractivity contribution is -0.0114. The molecule has 0 spiro atoms. The van der Waals surface area contributed by atoms with E-state index in [1.165, 1.54) is 11.3 Å². The van der Waals surface area contributed by atoms with Gasteiger partial charge in [-0.3, -0.25) is 0 Å². The molecule has 1 aromatic rings. The largest absolute Gasteiger partial charge is 0.389 e. The number of rotatable bonds is 4. The summed E-state index contributed by atoms with van der Waals surface area (Å²) < 4.78 is 23.7. The Morgan fingerprint density at radius 3 is 2.69 bits per heavy atom. The molecule has 0 aliphatic heterocycles. The molecule has 1 saturated carbocycles. The molecular weight excluding hydrogens is 246 g/mol. The van der Waals surface area contributed by atoms with Gasteiger partial charge in [0.2, 0.25) is 0 Å². The number of aliphatic hydroxyl groups is 1. The lowest BCUT2D eigenvalue weighted by Gasteiger charge is -2.35. The smallest absolute Gasteiger partial charge is 0.158 e. The number of thiazole rings is 1. The number of sulfone groups is 1. The van der Waals surface area contributed by atoms with E-state index in [-0.39, 0.29) is 11.5 Å². The summed E-state index contributed by atoms with van der Waals surface area (Å²) >= 11 is 1.39. The molecule has 0 aromatic carbocycles. The zero-order chi connectivity index (χ0) is 11.8. The van der Waals surface area contributed by atoms with Gasteiger partial charge in [-0.15, -0.1) is 11.3 Å². The average Bonchev–Trinajstić information content (AvgIpc) is 2.46. The molecule has 1 N–H and O–H groups in total. The van der Waals surface area contributed by atoms with Crippen molar-refractivity contribution in [3.8, 4) is 0 Å². The van der Waals surface area contributed by atoms with E-state index < -0.39 is 15.4 Å². The van der Waals surface area contributed by atoms with Crippen LogP contribution >= 0.6 is 11.3 Å². The van der Waals surface area contributed by atoms with Crippen molar-refractivity contribution in [3.63, 3.8) is 0 Å². The van der Waals surface area contributed by atoms with Gasteiger partial charge in [-0.25, -0.2) is 13.4 Å². The van der Waals surface area contributed by atoms with Crippen molar-refractivity contribution in [2.75, 3.05) is 5.75 Å². The van der Waals surface area contributed by atoms with Crippen LogP contribution in [0.5, 0.6) is 0 Å². The standard InChI is InChI=1S/C10H15NO3S2/c1-8-11-5-9(15-8)6-16(13,14)7-10(12)3-2-4-10/h5,12H,2-4,6-7H2,1H3. The monoisotopic (exact) mass is 261 g/mol. The first-order valence-electron chi connectivity index (χ1n) is 5.23. The Kier molecular flexibility index (Phi) is 3.07. The SMILES string of the molecule is Cc1ncc(CS(=O)(=O)CC2(O)CCC2)s1. The van der Waals surface area contributed by atoms with Crippen LogP contribution in [0.3, 0.4) is 0 Å². The summed E-state index contributed by atoms with van der Waals surface area (Å²) in [5.74, 6) is -0.113. The van der Waals surface area contributed by atoms with Gasteiger partial charge in [0, 0.05) is 11.1 Å². The molecule has 1 aliphatic carbocycles. The van der Waals surface area contributed by atoms with Gasteiger partial charge in [-0.2, -0.15) is 0 Å². The van der Waals surface area contributed by atoms with E-state index in [2.05, 4.69) is 4.98 Å². The molecule has 90 valence electrons. The topological polar surface area (TPSA) is 67.3 Å². The first-order chi connectivity index (χ1) is 7.39. The molecule has 0 atom stereocenters. The summed E-state index contributed by atoms with van der Waals surface area (Å²) in [5.41, 5.74) is -0.960. The highest BCUT2D eigenvalue weighted by atomic mass is 32.2. The first kappa shape index (κ1) is 12.0. The van der Waals surface area contributed by atoms with E-state index in [4.69, 9.17) is 0 Å². The second-order valence-corrected chi connectivity index (χ2v) is 7.84. The van der Waals surface area contributed by atoms with Crippen LogP contribution in [0.2, 0.25) is 0 Å². The van der Waals surface area contributed by atoms with Crippen molar-refractivity contribution in [2.24, 2.45) is 0 Å². The minimum atomic E-state index is -3.22. The highest BCUT2D eigenvalue weighted by molar-refractivity contribution is 7.90. The molecule has 16 heavy (non-hydrogen) atoms. The molecule has 1 aliphatic rings. The quantitative estimate of drug-likeness (QED) is 0.886. The van der Waals surface area contributed by atoms with Crippen molar-refractivity contribution in [3.05, 3.63) is 16.1 Å². The number of aryl methyl sites for hydroxylation is 1. The van der Waals surface area contributed by atoms with Crippen LogP contribution in [0.4, 0.5) is 0 Å². The number of aromatic nitrogens is 1. The van der Waals surface area contributed by atoms with Crippen LogP contribution in [-0.2, 0) is 15.6 Å². The maximum Gasteiger partial charge on any atom is 0.158 e. The molecule has 2 rings (SSSR count). The molecule has 0 bridgehead atoms. The Morgan fingerprint density at radius 1 is 1.56 bits per heavy atom. The van der Waals surface area contributed by atoms with E-state index in [0.717, 1.165) is 16.3 Å². The predicted molar refractivity (Wildman–Crippen MR) is 63.1 cm³/mol. The second kappa shape index (κ2) is 4.09. The minimum absolute atomic E-state index is 0.000810. The third kappa shape index (κ3) is 2.81. The molecule has 4 nitrogen and oxygen atoms in total. The van der Waals surface area contributed by atoms with Gasteiger partial charge in [-0.1, -0.05) is 0 Å². The van der Waals surface area contributed by atoms with Crippen LogP contribution in [0.1, 0.15) is 29.1 Å². The lowest BCUT2D eigenvalue weighted by Crippen LogP contribution is -2.43. The van der Waals surface area contributed by atoms with Crippen molar-refractivity contribution in [2.45, 2.75) is 37.5 Å². The van der Waals surface area contributed by atoms with E-state index in [0.29, 0.717) is 12.8 Å². The van der Waals surface area contributed by atoms with E-state index in [9.17, 15) is 13.5 Å². The van der Waals surface area contributed by atoms with Crippen LogP contribution in [0, 0.1) is 6.92 Å². The third-order valence-electron chi connectivity index (χ3n) is 2.80. The first-order valence-corrected chi connectivity index (χ1v) is 7.87.